The predicted octanol–water partition coefficient (Wildman–Crippen LogP) is 2.29. The average Bonchev–Trinajstić information content (AvgIpc) is 2.79. The molecular formula is C26H38LiO7P. The van der Waals surface area contributed by atoms with Gasteiger partial charge in [-0.25, -0.2) is 0 Å². The molecule has 0 heterocycles. The van der Waals surface area contributed by atoms with Crippen LogP contribution in [0.25, 0.3) is 0 Å². The number of benzene rings is 2. The van der Waals surface area contributed by atoms with E-state index in [1.54, 1.807) is 54.2 Å². The molecular weight excluding hydrogens is 462 g/mol. The first-order chi connectivity index (χ1) is 16.0. The molecule has 0 saturated heterocycles. The summed E-state index contributed by atoms with van der Waals surface area (Å²) in [7, 11) is 4.41. The Kier molecular flexibility index (Phi) is 12.8. The van der Waals surface area contributed by atoms with Crippen molar-refractivity contribution in [3.8, 4) is 17.2 Å². The average molecular weight is 500 g/mol. The smallest absolute Gasteiger partial charge is 1.00 e. The Morgan fingerprint density at radius 1 is 0.743 bits per heavy atom. The standard InChI is InChI=1S/C26H37O7P.Li.H/c1-14-11-15(2)24(17(4)16(14)3)26(27)34-25-22(32-19(6)29-9)12-21(31-18(5)28-8)13-23(25)33-20(7)30-10;;/h11-13,18-20,34H,1-10H3;;/q;+1;-1. The Morgan fingerprint density at radius 3 is 1.66 bits per heavy atom. The molecule has 0 radical (unpaired) electrons. The second-order valence-electron chi connectivity index (χ2n) is 8.15. The molecule has 190 valence electrons. The van der Waals surface area contributed by atoms with E-state index in [9.17, 15) is 4.79 Å². The third-order valence-electron chi connectivity index (χ3n) is 5.75. The largest absolute Gasteiger partial charge is 1.00 e. The topological polar surface area (TPSA) is 72.5 Å². The second kappa shape index (κ2) is 14.2. The summed E-state index contributed by atoms with van der Waals surface area (Å²) in [6.45, 7) is 13.4. The van der Waals surface area contributed by atoms with Gasteiger partial charge >= 0.3 is 18.9 Å². The van der Waals surface area contributed by atoms with Crippen molar-refractivity contribution in [2.75, 3.05) is 21.3 Å². The van der Waals surface area contributed by atoms with E-state index in [4.69, 9.17) is 28.4 Å². The molecule has 0 aromatic heterocycles. The zero-order chi connectivity index (χ0) is 25.6. The molecule has 2 rings (SSSR count). The van der Waals surface area contributed by atoms with E-state index in [0.29, 0.717) is 22.6 Å². The fourth-order valence-electron chi connectivity index (χ4n) is 3.45. The number of carbonyl (C=O) groups is 1. The zero-order valence-electron chi connectivity index (χ0n) is 23.8. The quantitative estimate of drug-likeness (QED) is 0.252. The van der Waals surface area contributed by atoms with E-state index in [0.717, 1.165) is 22.3 Å². The van der Waals surface area contributed by atoms with Crippen LogP contribution < -0.4 is 38.4 Å². The molecule has 0 aliphatic rings. The summed E-state index contributed by atoms with van der Waals surface area (Å²) in [5.41, 5.74) is 4.95. The van der Waals surface area contributed by atoms with E-state index in [1.807, 2.05) is 20.8 Å². The van der Waals surface area contributed by atoms with Gasteiger partial charge in [0, 0.05) is 39.0 Å². The van der Waals surface area contributed by atoms with Crippen molar-refractivity contribution in [2.45, 2.75) is 67.3 Å². The van der Waals surface area contributed by atoms with E-state index in [1.165, 1.54) is 5.56 Å². The molecule has 0 spiro atoms. The molecule has 35 heavy (non-hydrogen) atoms. The van der Waals surface area contributed by atoms with Crippen molar-refractivity contribution >= 4 is 19.4 Å². The predicted molar refractivity (Wildman–Crippen MR) is 137 cm³/mol. The molecule has 0 saturated carbocycles. The number of ether oxygens (including phenoxy) is 6. The Balaban J connectivity index is 0.00000612. The Hall–Kier alpha value is -1.58. The monoisotopic (exact) mass is 500 g/mol. The molecule has 0 aliphatic heterocycles. The number of rotatable bonds is 12. The van der Waals surface area contributed by atoms with Gasteiger partial charge in [-0.05, 0) is 79.3 Å². The minimum absolute atomic E-state index is 0. The molecule has 0 bridgehead atoms. The first-order valence-electron chi connectivity index (χ1n) is 11.2. The normalized spacial score (nSPS) is 13.8. The fraction of sp³-hybridized carbons (Fsp3) is 0.500. The number of aryl methyl sites for hydroxylation is 2. The molecule has 0 fully saturated rings. The van der Waals surface area contributed by atoms with Crippen LogP contribution in [0.15, 0.2) is 18.2 Å². The molecule has 0 N–H and O–H groups in total. The number of hydrogen-bond donors (Lipinski definition) is 0. The summed E-state index contributed by atoms with van der Waals surface area (Å²) in [4.78, 5) is 13.6. The molecule has 9 heteroatoms. The number of hydrogen-bond acceptors (Lipinski definition) is 7. The summed E-state index contributed by atoms with van der Waals surface area (Å²) in [6.07, 6.45) is -1.59. The summed E-state index contributed by atoms with van der Waals surface area (Å²) in [5, 5.41) is 0.618. The van der Waals surface area contributed by atoms with Gasteiger partial charge in [0.25, 0.3) is 0 Å². The fourth-order valence-corrected chi connectivity index (χ4v) is 4.69. The van der Waals surface area contributed by atoms with Crippen LogP contribution >= 0.6 is 8.58 Å². The minimum atomic E-state index is -0.549. The summed E-state index contributed by atoms with van der Waals surface area (Å²) in [5.74, 6) is 1.36. The van der Waals surface area contributed by atoms with Gasteiger partial charge in [0.1, 0.15) is 17.2 Å². The first-order valence-corrected chi connectivity index (χ1v) is 12.2. The van der Waals surface area contributed by atoms with Crippen molar-refractivity contribution in [2.24, 2.45) is 0 Å². The van der Waals surface area contributed by atoms with Crippen LogP contribution in [0, 0.1) is 27.7 Å². The SMILES string of the molecule is COC(C)Oc1cc(OC(C)OC)c(PC(=O)c2c(C)cc(C)c(C)c2C)c(OC(C)OC)c1.[H-].[Li+]. The molecule has 0 amide bonds. The van der Waals surface area contributed by atoms with Crippen LogP contribution in [0.4, 0.5) is 0 Å². The number of methoxy groups -OCH3 is 3. The van der Waals surface area contributed by atoms with E-state index in [-0.39, 0.29) is 34.4 Å². The van der Waals surface area contributed by atoms with Gasteiger partial charge < -0.3 is 29.8 Å². The van der Waals surface area contributed by atoms with Gasteiger partial charge in [-0.1, -0.05) is 6.07 Å². The van der Waals surface area contributed by atoms with E-state index < -0.39 is 18.9 Å². The Bertz CT molecular complexity index is 985. The third kappa shape index (κ3) is 8.22. The van der Waals surface area contributed by atoms with Crippen molar-refractivity contribution in [1.29, 1.82) is 0 Å². The van der Waals surface area contributed by atoms with Crippen LogP contribution in [0.3, 0.4) is 0 Å². The van der Waals surface area contributed by atoms with Crippen LogP contribution in [-0.2, 0) is 14.2 Å². The van der Waals surface area contributed by atoms with Crippen molar-refractivity contribution in [3.05, 3.63) is 46.0 Å². The van der Waals surface area contributed by atoms with Gasteiger partial charge in [0.15, 0.2) is 24.4 Å². The maximum atomic E-state index is 13.6. The summed E-state index contributed by atoms with van der Waals surface area (Å²) in [6, 6.07) is 5.51. The molecule has 4 unspecified atom stereocenters. The maximum absolute atomic E-state index is 13.6. The van der Waals surface area contributed by atoms with Gasteiger partial charge in [-0.2, -0.15) is 0 Å². The van der Waals surface area contributed by atoms with Crippen LogP contribution in [-0.4, -0.2) is 45.7 Å². The van der Waals surface area contributed by atoms with Crippen LogP contribution in [0.1, 0.15) is 54.8 Å². The summed E-state index contributed by atoms with van der Waals surface area (Å²) >= 11 is 0. The van der Waals surface area contributed by atoms with Crippen LogP contribution in [0.5, 0.6) is 17.2 Å². The van der Waals surface area contributed by atoms with Gasteiger partial charge in [-0.15, -0.1) is 0 Å². The van der Waals surface area contributed by atoms with Crippen molar-refractivity contribution in [1.82, 2.24) is 0 Å². The molecule has 7 nitrogen and oxygen atoms in total. The third-order valence-corrected chi connectivity index (χ3v) is 6.97. The molecule has 4 atom stereocenters. The van der Waals surface area contributed by atoms with Crippen molar-refractivity contribution < 1.29 is 53.5 Å². The Labute approximate surface area is 224 Å². The van der Waals surface area contributed by atoms with E-state index >= 15 is 0 Å². The van der Waals surface area contributed by atoms with Crippen molar-refractivity contribution in [3.63, 3.8) is 0 Å². The summed E-state index contributed by atoms with van der Waals surface area (Å²) < 4.78 is 33.8. The number of carbonyl (C=O) groups excluding carboxylic acids is 1. The maximum Gasteiger partial charge on any atom is 1.00 e. The van der Waals surface area contributed by atoms with Crippen LogP contribution in [0.2, 0.25) is 0 Å². The van der Waals surface area contributed by atoms with Gasteiger partial charge in [0.05, 0.1) is 5.30 Å². The van der Waals surface area contributed by atoms with E-state index in [2.05, 4.69) is 13.0 Å². The second-order valence-corrected chi connectivity index (χ2v) is 9.35. The van der Waals surface area contributed by atoms with Gasteiger partial charge in [0.2, 0.25) is 0 Å². The van der Waals surface area contributed by atoms with Gasteiger partial charge in [-0.3, -0.25) is 4.79 Å². The molecule has 0 aliphatic carbocycles. The Morgan fingerprint density at radius 2 is 1.20 bits per heavy atom. The molecule has 2 aromatic rings. The molecule has 2 aromatic carbocycles. The zero-order valence-corrected chi connectivity index (χ0v) is 23.8. The first kappa shape index (κ1) is 31.4. The minimum Gasteiger partial charge on any atom is -1.00 e.